The minimum Gasteiger partial charge on any atom is -0.374 e. The van der Waals surface area contributed by atoms with E-state index < -0.39 is 0 Å². The SMILES string of the molecule is Cn1cncc1CN1CC[C@H]2OCCN(C(=O)c3ccncc3)[C@@H]2C1. The maximum atomic E-state index is 12.9. The number of aryl methyl sites for hydroxylation is 1. The van der Waals surface area contributed by atoms with Gasteiger partial charge in [0.05, 0.1) is 30.8 Å². The van der Waals surface area contributed by atoms with E-state index in [4.69, 9.17) is 4.74 Å². The molecule has 25 heavy (non-hydrogen) atoms. The number of hydrogen-bond donors (Lipinski definition) is 0. The molecule has 0 bridgehead atoms. The second-order valence-corrected chi connectivity index (χ2v) is 6.73. The van der Waals surface area contributed by atoms with Gasteiger partial charge in [-0.15, -0.1) is 0 Å². The molecule has 0 radical (unpaired) electrons. The fourth-order valence-electron chi connectivity index (χ4n) is 3.76. The van der Waals surface area contributed by atoms with Crippen LogP contribution in [0.25, 0.3) is 0 Å². The molecule has 0 saturated carbocycles. The Labute approximate surface area is 147 Å². The van der Waals surface area contributed by atoms with Gasteiger partial charge in [0.2, 0.25) is 0 Å². The normalized spacial score (nSPS) is 24.1. The number of carbonyl (C=O) groups excluding carboxylic acids is 1. The molecule has 7 heteroatoms. The summed E-state index contributed by atoms with van der Waals surface area (Å²) in [6.07, 6.45) is 8.14. The highest BCUT2D eigenvalue weighted by atomic mass is 16.5. The molecule has 4 rings (SSSR count). The zero-order chi connectivity index (χ0) is 17.2. The van der Waals surface area contributed by atoms with Gasteiger partial charge in [0.25, 0.3) is 5.91 Å². The third-order valence-corrected chi connectivity index (χ3v) is 5.16. The number of nitrogens with zero attached hydrogens (tertiary/aromatic N) is 5. The molecule has 2 aromatic rings. The summed E-state index contributed by atoms with van der Waals surface area (Å²) < 4.78 is 8.00. The Morgan fingerprint density at radius 1 is 1.28 bits per heavy atom. The van der Waals surface area contributed by atoms with Crippen molar-refractivity contribution in [2.75, 3.05) is 26.2 Å². The van der Waals surface area contributed by atoms with Crippen LogP contribution in [0.4, 0.5) is 0 Å². The first-order valence-corrected chi connectivity index (χ1v) is 8.72. The van der Waals surface area contributed by atoms with Crippen LogP contribution >= 0.6 is 0 Å². The van der Waals surface area contributed by atoms with Crippen molar-refractivity contribution < 1.29 is 9.53 Å². The van der Waals surface area contributed by atoms with E-state index in [-0.39, 0.29) is 18.1 Å². The minimum absolute atomic E-state index is 0.0723. The fraction of sp³-hybridized carbons (Fsp3) is 0.500. The van der Waals surface area contributed by atoms with Gasteiger partial charge in [0.15, 0.2) is 0 Å². The van der Waals surface area contributed by atoms with E-state index in [2.05, 4.69) is 14.9 Å². The molecule has 1 amide bonds. The smallest absolute Gasteiger partial charge is 0.254 e. The molecule has 0 N–H and O–H groups in total. The number of carbonyl (C=O) groups is 1. The van der Waals surface area contributed by atoms with E-state index in [1.54, 1.807) is 24.5 Å². The molecule has 0 aromatic carbocycles. The van der Waals surface area contributed by atoms with Gasteiger partial charge >= 0.3 is 0 Å². The molecule has 2 aliphatic rings. The summed E-state index contributed by atoms with van der Waals surface area (Å²) in [4.78, 5) is 25.5. The van der Waals surface area contributed by atoms with Crippen molar-refractivity contribution in [3.05, 3.63) is 48.3 Å². The predicted octanol–water partition coefficient (Wildman–Crippen LogP) is 0.931. The number of hydrogen-bond acceptors (Lipinski definition) is 5. The Morgan fingerprint density at radius 2 is 2.12 bits per heavy atom. The topological polar surface area (TPSA) is 63.5 Å². The van der Waals surface area contributed by atoms with E-state index in [0.29, 0.717) is 18.7 Å². The molecular formula is C18H23N5O2. The van der Waals surface area contributed by atoms with Gasteiger partial charge in [0, 0.05) is 57.4 Å². The molecule has 0 spiro atoms. The summed E-state index contributed by atoms with van der Waals surface area (Å²) in [5, 5.41) is 0. The second-order valence-electron chi connectivity index (χ2n) is 6.73. The van der Waals surface area contributed by atoms with Crippen LogP contribution in [0.2, 0.25) is 0 Å². The number of aromatic nitrogens is 3. The standard InChI is InChI=1S/C18H23N5O2/c1-21-13-20-10-15(21)11-22-7-4-17-16(12-22)23(8-9-25-17)18(24)14-2-5-19-6-3-14/h2-3,5-6,10,13,16-17H,4,7-9,11-12H2,1H3/t16-,17-/m1/s1. The molecule has 132 valence electrons. The number of ether oxygens (including phenoxy) is 1. The van der Waals surface area contributed by atoms with Crippen LogP contribution in [0.3, 0.4) is 0 Å². The molecule has 2 aromatic heterocycles. The number of amides is 1. The summed E-state index contributed by atoms with van der Waals surface area (Å²) in [7, 11) is 2.01. The fourth-order valence-corrected chi connectivity index (χ4v) is 3.76. The van der Waals surface area contributed by atoms with Crippen LogP contribution in [0.5, 0.6) is 0 Å². The summed E-state index contributed by atoms with van der Waals surface area (Å²) in [5.41, 5.74) is 1.88. The Balaban J connectivity index is 1.50. The number of rotatable bonds is 3. The molecule has 2 aliphatic heterocycles. The van der Waals surface area contributed by atoms with Crippen LogP contribution in [-0.4, -0.2) is 68.6 Å². The molecule has 7 nitrogen and oxygen atoms in total. The molecule has 0 unspecified atom stereocenters. The number of imidazole rings is 1. The molecule has 2 saturated heterocycles. The zero-order valence-electron chi connectivity index (χ0n) is 14.4. The number of piperidine rings is 1. The summed E-state index contributed by atoms with van der Waals surface area (Å²) >= 11 is 0. The Kier molecular flexibility index (Phi) is 4.50. The van der Waals surface area contributed by atoms with Crippen LogP contribution in [0.15, 0.2) is 37.1 Å². The van der Waals surface area contributed by atoms with E-state index in [1.807, 2.05) is 29.0 Å². The van der Waals surface area contributed by atoms with Crippen molar-refractivity contribution in [1.29, 1.82) is 0 Å². The number of pyridine rings is 1. The quantitative estimate of drug-likeness (QED) is 0.831. The number of likely N-dealkylation sites (tertiary alicyclic amines) is 1. The molecule has 0 aliphatic carbocycles. The van der Waals surface area contributed by atoms with Crippen LogP contribution in [0.1, 0.15) is 22.5 Å². The summed E-state index contributed by atoms with van der Waals surface area (Å²) in [6.45, 7) is 3.90. The van der Waals surface area contributed by atoms with Crippen LogP contribution < -0.4 is 0 Å². The highest BCUT2D eigenvalue weighted by molar-refractivity contribution is 5.94. The van der Waals surface area contributed by atoms with E-state index in [9.17, 15) is 4.79 Å². The van der Waals surface area contributed by atoms with Gasteiger partial charge in [-0.3, -0.25) is 14.7 Å². The Morgan fingerprint density at radius 3 is 2.88 bits per heavy atom. The summed E-state index contributed by atoms with van der Waals surface area (Å²) in [5.74, 6) is 0.0723. The van der Waals surface area contributed by atoms with E-state index in [1.165, 1.54) is 5.69 Å². The van der Waals surface area contributed by atoms with Crippen molar-refractivity contribution in [3.8, 4) is 0 Å². The van der Waals surface area contributed by atoms with Gasteiger partial charge in [0.1, 0.15) is 0 Å². The minimum atomic E-state index is 0.0723. The highest BCUT2D eigenvalue weighted by Crippen LogP contribution is 2.25. The predicted molar refractivity (Wildman–Crippen MR) is 91.9 cm³/mol. The van der Waals surface area contributed by atoms with Crippen LogP contribution in [-0.2, 0) is 18.3 Å². The first-order chi connectivity index (χ1) is 12.2. The molecular weight excluding hydrogens is 318 g/mol. The van der Waals surface area contributed by atoms with Gasteiger partial charge in [-0.2, -0.15) is 0 Å². The lowest BCUT2D eigenvalue weighted by molar-refractivity contribution is -0.0916. The van der Waals surface area contributed by atoms with E-state index in [0.717, 1.165) is 26.1 Å². The van der Waals surface area contributed by atoms with Crippen molar-refractivity contribution in [1.82, 2.24) is 24.3 Å². The average molecular weight is 341 g/mol. The number of morpholine rings is 1. The average Bonchev–Trinajstić information content (AvgIpc) is 3.06. The molecule has 2 atom stereocenters. The van der Waals surface area contributed by atoms with Gasteiger partial charge < -0.3 is 14.2 Å². The van der Waals surface area contributed by atoms with Crippen LogP contribution in [0, 0.1) is 0 Å². The van der Waals surface area contributed by atoms with E-state index >= 15 is 0 Å². The largest absolute Gasteiger partial charge is 0.374 e. The Bertz CT molecular complexity index is 732. The monoisotopic (exact) mass is 341 g/mol. The van der Waals surface area contributed by atoms with Crippen molar-refractivity contribution in [3.63, 3.8) is 0 Å². The van der Waals surface area contributed by atoms with Gasteiger partial charge in [-0.05, 0) is 18.6 Å². The van der Waals surface area contributed by atoms with Gasteiger partial charge in [-0.1, -0.05) is 0 Å². The van der Waals surface area contributed by atoms with Crippen molar-refractivity contribution in [2.45, 2.75) is 25.1 Å². The molecule has 2 fully saturated rings. The lowest BCUT2D eigenvalue weighted by Crippen LogP contribution is -2.61. The first kappa shape index (κ1) is 16.2. The number of fused-ring (bicyclic) bond motifs is 1. The Hall–Kier alpha value is -2.25. The lowest BCUT2D eigenvalue weighted by Gasteiger charge is -2.47. The third kappa shape index (κ3) is 3.29. The van der Waals surface area contributed by atoms with Crippen molar-refractivity contribution >= 4 is 5.91 Å². The first-order valence-electron chi connectivity index (χ1n) is 8.72. The molecule has 4 heterocycles. The maximum Gasteiger partial charge on any atom is 0.254 e. The zero-order valence-corrected chi connectivity index (χ0v) is 14.4. The van der Waals surface area contributed by atoms with Gasteiger partial charge in [-0.25, -0.2) is 4.98 Å². The summed E-state index contributed by atoms with van der Waals surface area (Å²) in [6, 6.07) is 3.66. The third-order valence-electron chi connectivity index (χ3n) is 5.16. The highest BCUT2D eigenvalue weighted by Gasteiger charge is 2.39. The maximum absolute atomic E-state index is 12.9. The second kappa shape index (κ2) is 6.93. The van der Waals surface area contributed by atoms with Crippen molar-refractivity contribution in [2.24, 2.45) is 7.05 Å². The lowest BCUT2D eigenvalue weighted by atomic mass is 9.97.